The SMILES string of the molecule is Cc1nc(C(=O)NCc2cccc(C(F)(F)F)n2)c(N)nc1-c1ncco1. The third-order valence-electron chi connectivity index (χ3n) is 3.47. The zero-order valence-electron chi connectivity index (χ0n) is 13.9. The molecule has 3 aromatic rings. The molecule has 0 aromatic carbocycles. The van der Waals surface area contributed by atoms with E-state index in [0.29, 0.717) is 5.69 Å². The van der Waals surface area contributed by atoms with Gasteiger partial charge in [0.1, 0.15) is 17.7 Å². The van der Waals surface area contributed by atoms with Crippen LogP contribution in [0.15, 0.2) is 35.1 Å². The summed E-state index contributed by atoms with van der Waals surface area (Å²) in [5.74, 6) is -0.656. The van der Waals surface area contributed by atoms with E-state index in [0.717, 1.165) is 6.07 Å². The van der Waals surface area contributed by atoms with Gasteiger partial charge >= 0.3 is 6.18 Å². The summed E-state index contributed by atoms with van der Waals surface area (Å²) >= 11 is 0. The number of oxazole rings is 1. The monoisotopic (exact) mass is 378 g/mol. The van der Waals surface area contributed by atoms with Gasteiger partial charge in [-0.15, -0.1) is 0 Å². The van der Waals surface area contributed by atoms with Crippen LogP contribution < -0.4 is 11.1 Å². The first-order valence-corrected chi connectivity index (χ1v) is 7.61. The van der Waals surface area contributed by atoms with E-state index in [9.17, 15) is 18.0 Å². The van der Waals surface area contributed by atoms with Gasteiger partial charge in [0, 0.05) is 0 Å². The highest BCUT2D eigenvalue weighted by molar-refractivity contribution is 5.96. The zero-order chi connectivity index (χ0) is 19.6. The van der Waals surface area contributed by atoms with Gasteiger partial charge in [-0.3, -0.25) is 4.79 Å². The van der Waals surface area contributed by atoms with Crippen LogP contribution in [0.2, 0.25) is 0 Å². The van der Waals surface area contributed by atoms with Crippen molar-refractivity contribution in [3.63, 3.8) is 0 Å². The van der Waals surface area contributed by atoms with Crippen LogP contribution in [0.25, 0.3) is 11.6 Å². The largest absolute Gasteiger partial charge is 0.443 e. The quantitative estimate of drug-likeness (QED) is 0.715. The first-order valence-electron chi connectivity index (χ1n) is 7.61. The summed E-state index contributed by atoms with van der Waals surface area (Å²) in [7, 11) is 0. The average molecular weight is 378 g/mol. The number of carbonyl (C=O) groups excluding carboxylic acids is 1. The van der Waals surface area contributed by atoms with Crippen LogP contribution in [0.1, 0.15) is 27.6 Å². The molecule has 8 nitrogen and oxygen atoms in total. The molecule has 3 rings (SSSR count). The Morgan fingerprint density at radius 1 is 1.26 bits per heavy atom. The molecule has 0 spiro atoms. The number of nitrogen functional groups attached to an aromatic ring is 1. The summed E-state index contributed by atoms with van der Waals surface area (Å²) in [5.41, 5.74) is 5.26. The van der Waals surface area contributed by atoms with Crippen LogP contribution >= 0.6 is 0 Å². The van der Waals surface area contributed by atoms with Crippen LogP contribution in [0.4, 0.5) is 19.0 Å². The van der Waals surface area contributed by atoms with E-state index in [4.69, 9.17) is 10.2 Å². The minimum Gasteiger partial charge on any atom is -0.443 e. The molecule has 3 N–H and O–H groups in total. The molecule has 3 heterocycles. The topological polar surface area (TPSA) is 120 Å². The lowest BCUT2D eigenvalue weighted by Gasteiger charge is -2.10. The first-order chi connectivity index (χ1) is 12.8. The molecule has 0 aliphatic heterocycles. The molecule has 0 fully saturated rings. The molecule has 140 valence electrons. The van der Waals surface area contributed by atoms with Crippen molar-refractivity contribution < 1.29 is 22.4 Å². The van der Waals surface area contributed by atoms with Gasteiger partial charge in [0.15, 0.2) is 11.5 Å². The van der Waals surface area contributed by atoms with E-state index in [1.807, 2.05) is 0 Å². The van der Waals surface area contributed by atoms with E-state index in [2.05, 4.69) is 25.3 Å². The van der Waals surface area contributed by atoms with Gasteiger partial charge in [-0.05, 0) is 19.1 Å². The van der Waals surface area contributed by atoms with Gasteiger partial charge in [0.05, 0.1) is 24.1 Å². The van der Waals surface area contributed by atoms with Crippen molar-refractivity contribution in [2.45, 2.75) is 19.6 Å². The number of amides is 1. The van der Waals surface area contributed by atoms with Gasteiger partial charge in [-0.2, -0.15) is 13.2 Å². The van der Waals surface area contributed by atoms with E-state index in [-0.39, 0.29) is 35.3 Å². The molecule has 0 aliphatic carbocycles. The number of halogens is 3. The number of nitrogens with one attached hydrogen (secondary N) is 1. The van der Waals surface area contributed by atoms with Gasteiger partial charge in [-0.25, -0.2) is 19.9 Å². The van der Waals surface area contributed by atoms with E-state index >= 15 is 0 Å². The van der Waals surface area contributed by atoms with Crippen molar-refractivity contribution in [3.05, 3.63) is 53.4 Å². The highest BCUT2D eigenvalue weighted by atomic mass is 19.4. The molecule has 1 amide bonds. The Kier molecular flexibility index (Phi) is 4.75. The number of aromatic nitrogens is 4. The predicted octanol–water partition coefficient (Wildman–Crippen LogP) is 2.37. The second-order valence-corrected chi connectivity index (χ2v) is 5.42. The number of hydrogen-bond acceptors (Lipinski definition) is 7. The van der Waals surface area contributed by atoms with Crippen LogP contribution in [-0.2, 0) is 12.7 Å². The lowest BCUT2D eigenvalue weighted by Crippen LogP contribution is -2.26. The average Bonchev–Trinajstić information content (AvgIpc) is 3.15. The number of anilines is 1. The Morgan fingerprint density at radius 2 is 2.04 bits per heavy atom. The summed E-state index contributed by atoms with van der Waals surface area (Å²) in [6.07, 6.45) is -1.78. The number of nitrogens with zero attached hydrogens (tertiary/aromatic N) is 4. The number of hydrogen-bond donors (Lipinski definition) is 2. The Morgan fingerprint density at radius 3 is 2.70 bits per heavy atom. The van der Waals surface area contributed by atoms with Gasteiger partial charge < -0.3 is 15.5 Å². The van der Waals surface area contributed by atoms with Gasteiger partial charge in [0.2, 0.25) is 5.89 Å². The maximum atomic E-state index is 12.7. The minimum absolute atomic E-state index is 0.0397. The number of pyridine rings is 1. The number of rotatable bonds is 4. The molecule has 0 saturated carbocycles. The summed E-state index contributed by atoms with van der Waals surface area (Å²) in [5, 5.41) is 2.43. The second-order valence-electron chi connectivity index (χ2n) is 5.42. The number of carbonyl (C=O) groups is 1. The van der Waals surface area contributed by atoms with Crippen LogP contribution in [0, 0.1) is 6.92 Å². The summed E-state index contributed by atoms with van der Waals surface area (Å²) in [4.78, 5) is 27.9. The van der Waals surface area contributed by atoms with Crippen LogP contribution in [0.5, 0.6) is 0 Å². The molecule has 0 saturated heterocycles. The number of nitrogens with two attached hydrogens (primary N) is 1. The number of alkyl halides is 3. The molecule has 3 aromatic heterocycles. The molecule has 0 atom stereocenters. The van der Waals surface area contributed by atoms with E-state index < -0.39 is 17.8 Å². The van der Waals surface area contributed by atoms with Crippen LogP contribution in [0.3, 0.4) is 0 Å². The zero-order valence-corrected chi connectivity index (χ0v) is 13.9. The first kappa shape index (κ1) is 18.3. The smallest absolute Gasteiger partial charge is 0.433 e. The standard InChI is InChI=1S/C16H13F3N6O2/c1-8-11(15-21-5-6-27-15)25-13(20)12(23-8)14(26)22-7-9-3-2-4-10(24-9)16(17,18)19/h2-6H,7H2,1H3,(H2,20,25)(H,22,26). The summed E-state index contributed by atoms with van der Waals surface area (Å²) in [6.45, 7) is 1.36. The van der Waals surface area contributed by atoms with Gasteiger partial charge in [-0.1, -0.05) is 6.07 Å². The van der Waals surface area contributed by atoms with E-state index in [1.165, 1.54) is 24.6 Å². The Bertz CT molecular complexity index is 973. The molecular weight excluding hydrogens is 365 g/mol. The van der Waals surface area contributed by atoms with Crippen molar-refractivity contribution >= 4 is 11.7 Å². The fourth-order valence-electron chi connectivity index (χ4n) is 2.23. The third-order valence-corrected chi connectivity index (χ3v) is 3.47. The van der Waals surface area contributed by atoms with Crippen molar-refractivity contribution in [2.75, 3.05) is 5.73 Å². The maximum Gasteiger partial charge on any atom is 0.433 e. The highest BCUT2D eigenvalue weighted by Gasteiger charge is 2.32. The lowest BCUT2D eigenvalue weighted by molar-refractivity contribution is -0.141. The molecule has 0 bridgehead atoms. The maximum absolute atomic E-state index is 12.7. The van der Waals surface area contributed by atoms with Crippen molar-refractivity contribution in [1.29, 1.82) is 0 Å². The minimum atomic E-state index is -4.57. The fraction of sp³-hybridized carbons (Fsp3) is 0.188. The lowest BCUT2D eigenvalue weighted by atomic mass is 10.2. The molecular formula is C16H13F3N6O2. The summed E-state index contributed by atoms with van der Waals surface area (Å²) < 4.78 is 43.2. The molecule has 11 heteroatoms. The summed E-state index contributed by atoms with van der Waals surface area (Å²) in [6, 6.07) is 3.42. The molecule has 0 unspecified atom stereocenters. The second kappa shape index (κ2) is 7.02. The normalized spacial score (nSPS) is 11.4. The van der Waals surface area contributed by atoms with Crippen LogP contribution in [-0.4, -0.2) is 25.8 Å². The predicted molar refractivity (Wildman–Crippen MR) is 87.1 cm³/mol. The Hall–Kier alpha value is -3.50. The fourth-order valence-corrected chi connectivity index (χ4v) is 2.23. The van der Waals surface area contributed by atoms with Crippen molar-refractivity contribution in [1.82, 2.24) is 25.3 Å². The number of aryl methyl sites for hydroxylation is 1. The Balaban J connectivity index is 1.76. The van der Waals surface area contributed by atoms with Crippen molar-refractivity contribution in [2.24, 2.45) is 0 Å². The molecule has 0 aliphatic rings. The highest BCUT2D eigenvalue weighted by Crippen LogP contribution is 2.27. The van der Waals surface area contributed by atoms with Crippen molar-refractivity contribution in [3.8, 4) is 11.6 Å². The Labute approximate surface area is 150 Å². The van der Waals surface area contributed by atoms with Gasteiger partial charge in [0.25, 0.3) is 5.91 Å². The third kappa shape index (κ3) is 4.02. The van der Waals surface area contributed by atoms with E-state index in [1.54, 1.807) is 6.92 Å². The molecule has 0 radical (unpaired) electrons. The molecule has 27 heavy (non-hydrogen) atoms.